The highest BCUT2D eigenvalue weighted by Gasteiger charge is 2.37. The standard InChI is InChI=1S/C16H14F6O2S/c17-15(18,19)10-6-11(16(20,21)22)8-13(7-10)25-9-14(23)24-12-4-2-1-3-5-12/h2,4,6-8,12H,1,3,5,9H2. The molecule has 0 spiro atoms. The monoisotopic (exact) mass is 384 g/mol. The van der Waals surface area contributed by atoms with Gasteiger partial charge in [0.2, 0.25) is 0 Å². The molecule has 1 aromatic carbocycles. The summed E-state index contributed by atoms with van der Waals surface area (Å²) in [5, 5.41) is 0. The third-order valence-electron chi connectivity index (χ3n) is 3.41. The average Bonchev–Trinajstić information content (AvgIpc) is 2.52. The molecule has 0 aliphatic heterocycles. The van der Waals surface area contributed by atoms with Crippen molar-refractivity contribution in [1.82, 2.24) is 0 Å². The van der Waals surface area contributed by atoms with Gasteiger partial charge in [0.05, 0.1) is 16.9 Å². The quantitative estimate of drug-likeness (QED) is 0.298. The van der Waals surface area contributed by atoms with E-state index in [1.807, 2.05) is 6.08 Å². The van der Waals surface area contributed by atoms with Crippen molar-refractivity contribution in [2.75, 3.05) is 5.75 Å². The molecule has 0 amide bonds. The summed E-state index contributed by atoms with van der Waals surface area (Å²) >= 11 is 0.579. The van der Waals surface area contributed by atoms with Gasteiger partial charge in [0.15, 0.2) is 0 Å². The molecule has 25 heavy (non-hydrogen) atoms. The van der Waals surface area contributed by atoms with Crippen molar-refractivity contribution in [2.45, 2.75) is 42.6 Å². The van der Waals surface area contributed by atoms with Crippen molar-refractivity contribution in [3.05, 3.63) is 41.5 Å². The molecule has 0 saturated heterocycles. The molecular weight excluding hydrogens is 370 g/mol. The van der Waals surface area contributed by atoms with Crippen LogP contribution in [0.2, 0.25) is 0 Å². The minimum Gasteiger partial charge on any atom is -0.458 e. The van der Waals surface area contributed by atoms with Gasteiger partial charge in [-0.05, 0) is 43.5 Å². The van der Waals surface area contributed by atoms with Crippen LogP contribution in [0.1, 0.15) is 30.4 Å². The molecule has 9 heteroatoms. The molecule has 0 heterocycles. The van der Waals surface area contributed by atoms with Crippen molar-refractivity contribution in [3.8, 4) is 0 Å². The molecule has 2 rings (SSSR count). The van der Waals surface area contributed by atoms with Gasteiger partial charge >= 0.3 is 18.3 Å². The summed E-state index contributed by atoms with van der Waals surface area (Å²) in [5.41, 5.74) is -2.82. The van der Waals surface area contributed by atoms with Crippen LogP contribution in [-0.2, 0) is 21.9 Å². The van der Waals surface area contributed by atoms with Crippen molar-refractivity contribution in [2.24, 2.45) is 0 Å². The number of allylic oxidation sites excluding steroid dienone is 1. The van der Waals surface area contributed by atoms with E-state index in [0.29, 0.717) is 30.3 Å². The van der Waals surface area contributed by atoms with Gasteiger partial charge in [-0.3, -0.25) is 4.79 Å². The molecule has 0 N–H and O–H groups in total. The highest BCUT2D eigenvalue weighted by atomic mass is 32.2. The average molecular weight is 384 g/mol. The third-order valence-corrected chi connectivity index (χ3v) is 4.36. The number of hydrogen-bond donors (Lipinski definition) is 0. The fourth-order valence-corrected chi connectivity index (χ4v) is 3.01. The lowest BCUT2D eigenvalue weighted by Crippen LogP contribution is -2.19. The Morgan fingerprint density at radius 1 is 1.08 bits per heavy atom. The number of carbonyl (C=O) groups is 1. The van der Waals surface area contributed by atoms with Crippen molar-refractivity contribution < 1.29 is 35.9 Å². The Kier molecular flexibility index (Phi) is 6.08. The van der Waals surface area contributed by atoms with E-state index in [1.165, 1.54) is 0 Å². The fourth-order valence-electron chi connectivity index (χ4n) is 2.23. The lowest BCUT2D eigenvalue weighted by molar-refractivity contribution is -0.144. The van der Waals surface area contributed by atoms with E-state index in [9.17, 15) is 31.1 Å². The first-order valence-corrected chi connectivity index (χ1v) is 8.33. The molecule has 1 aliphatic carbocycles. The normalized spacial score (nSPS) is 18.2. The van der Waals surface area contributed by atoms with E-state index < -0.39 is 35.6 Å². The predicted molar refractivity (Wildman–Crippen MR) is 80.0 cm³/mol. The van der Waals surface area contributed by atoms with E-state index in [0.717, 1.165) is 12.8 Å². The molecule has 138 valence electrons. The number of thioether (sulfide) groups is 1. The van der Waals surface area contributed by atoms with Gasteiger partial charge in [0, 0.05) is 4.90 Å². The SMILES string of the molecule is O=C(CSc1cc(C(F)(F)F)cc(C(F)(F)F)c1)OC1C=CCCC1. The van der Waals surface area contributed by atoms with Gasteiger partial charge in [-0.15, -0.1) is 11.8 Å². The number of alkyl halides is 6. The summed E-state index contributed by atoms with van der Waals surface area (Å²) in [6.07, 6.45) is -4.26. The minimum atomic E-state index is -4.91. The number of benzene rings is 1. The van der Waals surface area contributed by atoms with Gasteiger partial charge in [0.25, 0.3) is 0 Å². The van der Waals surface area contributed by atoms with Gasteiger partial charge in [0.1, 0.15) is 6.10 Å². The second-order valence-electron chi connectivity index (χ2n) is 5.42. The summed E-state index contributed by atoms with van der Waals surface area (Å²) in [6, 6.07) is 1.23. The highest BCUT2D eigenvalue weighted by molar-refractivity contribution is 8.00. The lowest BCUT2D eigenvalue weighted by Gasteiger charge is -2.17. The number of carbonyl (C=O) groups excluding carboxylic acids is 1. The topological polar surface area (TPSA) is 26.3 Å². The number of hydrogen-bond acceptors (Lipinski definition) is 3. The molecular formula is C16H14F6O2S. The Hall–Kier alpha value is -1.64. The van der Waals surface area contributed by atoms with Gasteiger partial charge in [-0.2, -0.15) is 26.3 Å². The highest BCUT2D eigenvalue weighted by Crippen LogP contribution is 2.38. The van der Waals surface area contributed by atoms with Gasteiger partial charge in [-0.25, -0.2) is 0 Å². The first kappa shape index (κ1) is 19.7. The van der Waals surface area contributed by atoms with Crippen LogP contribution in [0.3, 0.4) is 0 Å². The lowest BCUT2D eigenvalue weighted by atomic mass is 10.1. The van der Waals surface area contributed by atoms with Crippen LogP contribution in [0.5, 0.6) is 0 Å². The van der Waals surface area contributed by atoms with Crippen LogP contribution in [0.4, 0.5) is 26.3 Å². The third kappa shape index (κ3) is 5.98. The second-order valence-corrected chi connectivity index (χ2v) is 6.47. The second kappa shape index (κ2) is 7.72. The summed E-state index contributed by atoms with van der Waals surface area (Å²) in [4.78, 5) is 11.4. The summed E-state index contributed by atoms with van der Waals surface area (Å²) in [6.45, 7) is 0. The largest absolute Gasteiger partial charge is 0.458 e. The Morgan fingerprint density at radius 2 is 1.68 bits per heavy atom. The Morgan fingerprint density at radius 3 is 2.16 bits per heavy atom. The summed E-state index contributed by atoms with van der Waals surface area (Å²) in [5.74, 6) is -1.06. The molecule has 1 unspecified atom stereocenters. The van der Waals surface area contributed by atoms with E-state index in [-0.39, 0.29) is 16.7 Å². The predicted octanol–water partition coefficient (Wildman–Crippen LogP) is 5.47. The van der Waals surface area contributed by atoms with Crippen LogP contribution in [-0.4, -0.2) is 17.8 Å². The zero-order valence-electron chi connectivity index (χ0n) is 12.8. The van der Waals surface area contributed by atoms with Crippen LogP contribution in [0, 0.1) is 0 Å². The molecule has 0 aromatic heterocycles. The van der Waals surface area contributed by atoms with E-state index in [4.69, 9.17) is 4.74 Å². The maximum absolute atomic E-state index is 12.8. The molecule has 0 radical (unpaired) electrons. The van der Waals surface area contributed by atoms with E-state index in [1.54, 1.807) is 6.08 Å². The van der Waals surface area contributed by atoms with Gasteiger partial charge < -0.3 is 4.74 Å². The maximum atomic E-state index is 12.8. The first-order valence-electron chi connectivity index (χ1n) is 7.34. The van der Waals surface area contributed by atoms with Crippen molar-refractivity contribution >= 4 is 17.7 Å². The Labute approximate surface area is 144 Å². The maximum Gasteiger partial charge on any atom is 0.416 e. The van der Waals surface area contributed by atoms with Crippen LogP contribution < -0.4 is 0 Å². The van der Waals surface area contributed by atoms with E-state index in [2.05, 4.69) is 0 Å². The fraction of sp³-hybridized carbons (Fsp3) is 0.438. The van der Waals surface area contributed by atoms with Crippen LogP contribution >= 0.6 is 11.8 Å². The molecule has 1 atom stereocenters. The minimum absolute atomic E-state index is 0.0508. The van der Waals surface area contributed by atoms with Crippen molar-refractivity contribution in [1.29, 1.82) is 0 Å². The molecule has 2 nitrogen and oxygen atoms in total. The molecule has 0 bridgehead atoms. The van der Waals surface area contributed by atoms with Crippen LogP contribution in [0.15, 0.2) is 35.2 Å². The molecule has 0 saturated carbocycles. The molecule has 0 fully saturated rings. The number of esters is 1. The Bertz CT molecular complexity index is 619. The van der Waals surface area contributed by atoms with Crippen molar-refractivity contribution in [3.63, 3.8) is 0 Å². The number of rotatable bonds is 4. The number of halogens is 6. The Balaban J connectivity index is 2.08. The van der Waals surface area contributed by atoms with Gasteiger partial charge in [-0.1, -0.05) is 6.08 Å². The first-order chi connectivity index (χ1) is 11.6. The summed E-state index contributed by atoms with van der Waals surface area (Å²) < 4.78 is 81.7. The smallest absolute Gasteiger partial charge is 0.416 e. The van der Waals surface area contributed by atoms with E-state index >= 15 is 0 Å². The zero-order valence-corrected chi connectivity index (χ0v) is 13.6. The molecule has 1 aliphatic rings. The molecule has 1 aromatic rings. The summed E-state index contributed by atoms with van der Waals surface area (Å²) in [7, 11) is 0. The van der Waals surface area contributed by atoms with Crippen LogP contribution in [0.25, 0.3) is 0 Å². The zero-order chi connectivity index (χ0) is 18.7. The number of ether oxygens (including phenoxy) is 1.